The first-order valence-corrected chi connectivity index (χ1v) is 7.30. The topological polar surface area (TPSA) is 49.4 Å². The van der Waals surface area contributed by atoms with Gasteiger partial charge in [0.15, 0.2) is 5.11 Å². The first-order valence-electron chi connectivity index (χ1n) is 6.89. The number of halogens is 2. The zero-order chi connectivity index (χ0) is 17.3. The Balaban J connectivity index is 2.03. The summed E-state index contributed by atoms with van der Waals surface area (Å²) in [5.41, 5.74) is 0.173. The molecule has 3 rings (SSSR count). The van der Waals surface area contributed by atoms with Crippen LogP contribution < -0.4 is 10.2 Å². The van der Waals surface area contributed by atoms with Crippen LogP contribution in [-0.2, 0) is 9.59 Å². The maximum absolute atomic E-state index is 14.0. The molecule has 0 aromatic heterocycles. The second kappa shape index (κ2) is 6.29. The standard InChI is InChI=1S/C17H10F2N2O2S/c18-11-7-5-10(6-8-11)9-12-15(22)20-17(24)21(16(12)23)14-4-2-1-3-13(14)19/h1-9H,(H,20,22,24)/b12-9+. The monoisotopic (exact) mass is 344 g/mol. The predicted molar refractivity (Wildman–Crippen MR) is 89.0 cm³/mol. The highest BCUT2D eigenvalue weighted by Gasteiger charge is 2.35. The number of thiocarbonyl (C=S) groups is 1. The Bertz CT molecular complexity index is 878. The van der Waals surface area contributed by atoms with Crippen LogP contribution in [-0.4, -0.2) is 16.9 Å². The molecule has 2 aromatic carbocycles. The van der Waals surface area contributed by atoms with E-state index >= 15 is 0 Å². The van der Waals surface area contributed by atoms with Crippen LogP contribution in [0.1, 0.15) is 5.56 Å². The van der Waals surface area contributed by atoms with Crippen LogP contribution in [0.15, 0.2) is 54.1 Å². The highest BCUT2D eigenvalue weighted by Crippen LogP contribution is 2.24. The highest BCUT2D eigenvalue weighted by molar-refractivity contribution is 7.80. The Hall–Kier alpha value is -2.93. The fraction of sp³-hybridized carbons (Fsp3) is 0. The first-order chi connectivity index (χ1) is 11.5. The number of anilines is 1. The molecule has 1 aliphatic heterocycles. The van der Waals surface area contributed by atoms with Crippen LogP contribution in [0.25, 0.3) is 6.08 Å². The molecule has 1 heterocycles. The number of nitrogens with zero attached hydrogens (tertiary/aromatic N) is 1. The molecule has 1 fully saturated rings. The number of hydrogen-bond donors (Lipinski definition) is 1. The lowest BCUT2D eigenvalue weighted by Crippen LogP contribution is -2.54. The van der Waals surface area contributed by atoms with Crippen molar-refractivity contribution < 1.29 is 18.4 Å². The fourth-order valence-corrected chi connectivity index (χ4v) is 2.51. The van der Waals surface area contributed by atoms with Crippen LogP contribution in [0.3, 0.4) is 0 Å². The maximum Gasteiger partial charge on any atom is 0.270 e. The third-order valence-electron chi connectivity index (χ3n) is 3.38. The summed E-state index contributed by atoms with van der Waals surface area (Å²) in [7, 11) is 0. The molecule has 1 N–H and O–H groups in total. The number of amides is 2. The van der Waals surface area contributed by atoms with Gasteiger partial charge in [-0.2, -0.15) is 0 Å². The van der Waals surface area contributed by atoms with Gasteiger partial charge >= 0.3 is 0 Å². The highest BCUT2D eigenvalue weighted by atomic mass is 32.1. The van der Waals surface area contributed by atoms with Crippen molar-refractivity contribution in [3.8, 4) is 0 Å². The number of rotatable bonds is 2. The summed E-state index contributed by atoms with van der Waals surface area (Å²) in [6.07, 6.45) is 1.30. The number of benzene rings is 2. The fourth-order valence-electron chi connectivity index (χ4n) is 2.23. The Labute approximate surface area is 141 Å². The van der Waals surface area contributed by atoms with Gasteiger partial charge in [-0.1, -0.05) is 24.3 Å². The lowest BCUT2D eigenvalue weighted by molar-refractivity contribution is -0.122. The van der Waals surface area contributed by atoms with E-state index < -0.39 is 23.4 Å². The summed E-state index contributed by atoms with van der Waals surface area (Å²) in [5, 5.41) is 2.15. The molecular formula is C17H10F2N2O2S. The molecule has 1 aliphatic rings. The zero-order valence-electron chi connectivity index (χ0n) is 12.1. The van der Waals surface area contributed by atoms with E-state index in [4.69, 9.17) is 12.2 Å². The average molecular weight is 344 g/mol. The number of carbonyl (C=O) groups is 2. The molecule has 0 bridgehead atoms. The van der Waals surface area contributed by atoms with Crippen LogP contribution in [0.4, 0.5) is 14.5 Å². The van der Waals surface area contributed by atoms with Crippen molar-refractivity contribution in [1.29, 1.82) is 0 Å². The van der Waals surface area contributed by atoms with Gasteiger partial charge in [0.05, 0.1) is 5.69 Å². The molecule has 0 atom stereocenters. The SMILES string of the molecule is O=C1NC(=S)N(c2ccccc2F)C(=O)/C1=C/c1ccc(F)cc1. The lowest BCUT2D eigenvalue weighted by atomic mass is 10.1. The molecule has 0 spiro atoms. The van der Waals surface area contributed by atoms with Gasteiger partial charge in [0, 0.05) is 0 Å². The predicted octanol–water partition coefficient (Wildman–Crippen LogP) is 2.80. The molecule has 24 heavy (non-hydrogen) atoms. The van der Waals surface area contributed by atoms with Crippen molar-refractivity contribution in [2.75, 3.05) is 4.90 Å². The van der Waals surface area contributed by atoms with E-state index in [1.165, 1.54) is 48.5 Å². The summed E-state index contributed by atoms with van der Waals surface area (Å²) >= 11 is 4.99. The molecule has 1 saturated heterocycles. The van der Waals surface area contributed by atoms with Gasteiger partial charge in [-0.25, -0.2) is 13.7 Å². The van der Waals surface area contributed by atoms with Gasteiger partial charge < -0.3 is 0 Å². The molecule has 120 valence electrons. The largest absolute Gasteiger partial charge is 0.298 e. The Kier molecular flexibility index (Phi) is 4.18. The Morgan fingerprint density at radius 2 is 1.67 bits per heavy atom. The van der Waals surface area contributed by atoms with E-state index in [-0.39, 0.29) is 16.4 Å². The summed E-state index contributed by atoms with van der Waals surface area (Å²) < 4.78 is 27.0. The molecule has 0 saturated carbocycles. The summed E-state index contributed by atoms with van der Waals surface area (Å²) in [4.78, 5) is 25.6. The molecule has 0 unspecified atom stereocenters. The number of nitrogens with one attached hydrogen (secondary N) is 1. The van der Waals surface area contributed by atoms with Gasteiger partial charge in [0.25, 0.3) is 11.8 Å². The van der Waals surface area contributed by atoms with E-state index in [0.29, 0.717) is 5.56 Å². The Morgan fingerprint density at radius 3 is 2.33 bits per heavy atom. The lowest BCUT2D eigenvalue weighted by Gasteiger charge is -2.29. The van der Waals surface area contributed by atoms with E-state index in [1.807, 2.05) is 0 Å². The summed E-state index contributed by atoms with van der Waals surface area (Å²) in [6.45, 7) is 0. The molecule has 0 aliphatic carbocycles. The molecule has 7 heteroatoms. The van der Waals surface area contributed by atoms with Gasteiger partial charge in [-0.05, 0) is 48.1 Å². The molecule has 2 aromatic rings. The minimum atomic E-state index is -0.752. The van der Waals surface area contributed by atoms with E-state index in [1.54, 1.807) is 6.07 Å². The van der Waals surface area contributed by atoms with Crippen molar-refractivity contribution in [1.82, 2.24) is 5.32 Å². The van der Waals surface area contributed by atoms with Crippen LogP contribution >= 0.6 is 12.2 Å². The smallest absolute Gasteiger partial charge is 0.270 e. The summed E-state index contributed by atoms with van der Waals surface area (Å²) in [5.74, 6) is -2.53. The van der Waals surface area contributed by atoms with Crippen molar-refractivity contribution in [2.24, 2.45) is 0 Å². The zero-order valence-corrected chi connectivity index (χ0v) is 12.9. The van der Waals surface area contributed by atoms with Crippen molar-refractivity contribution >= 4 is 40.9 Å². The third-order valence-corrected chi connectivity index (χ3v) is 3.66. The second-order valence-corrected chi connectivity index (χ2v) is 5.35. The minimum Gasteiger partial charge on any atom is -0.298 e. The van der Waals surface area contributed by atoms with Gasteiger partial charge in [0.2, 0.25) is 0 Å². The van der Waals surface area contributed by atoms with E-state index in [0.717, 1.165) is 4.90 Å². The Morgan fingerprint density at radius 1 is 1.00 bits per heavy atom. The van der Waals surface area contributed by atoms with Crippen molar-refractivity contribution in [3.05, 3.63) is 71.3 Å². The minimum absolute atomic E-state index is 0.0579. The number of carbonyl (C=O) groups excluding carboxylic acids is 2. The number of hydrogen-bond acceptors (Lipinski definition) is 3. The van der Waals surface area contributed by atoms with Gasteiger partial charge in [-0.15, -0.1) is 0 Å². The first kappa shape index (κ1) is 15.9. The van der Waals surface area contributed by atoms with Gasteiger partial charge in [-0.3, -0.25) is 14.9 Å². The molecule has 2 amide bonds. The average Bonchev–Trinajstić information content (AvgIpc) is 2.55. The van der Waals surface area contributed by atoms with Crippen LogP contribution in [0.2, 0.25) is 0 Å². The molecule has 4 nitrogen and oxygen atoms in total. The normalized spacial score (nSPS) is 16.5. The van der Waals surface area contributed by atoms with E-state index in [9.17, 15) is 18.4 Å². The van der Waals surface area contributed by atoms with Crippen molar-refractivity contribution in [3.63, 3.8) is 0 Å². The van der Waals surface area contributed by atoms with Crippen LogP contribution in [0.5, 0.6) is 0 Å². The van der Waals surface area contributed by atoms with Crippen molar-refractivity contribution in [2.45, 2.75) is 0 Å². The molecular weight excluding hydrogens is 334 g/mol. The van der Waals surface area contributed by atoms with Crippen LogP contribution in [0, 0.1) is 11.6 Å². The molecule has 0 radical (unpaired) electrons. The van der Waals surface area contributed by atoms with Gasteiger partial charge in [0.1, 0.15) is 17.2 Å². The second-order valence-electron chi connectivity index (χ2n) is 4.96. The maximum atomic E-state index is 14.0. The van der Waals surface area contributed by atoms with E-state index in [2.05, 4.69) is 5.32 Å². The number of para-hydroxylation sites is 1. The third kappa shape index (κ3) is 2.93. The summed E-state index contributed by atoms with van der Waals surface area (Å²) in [6, 6.07) is 10.8. The quantitative estimate of drug-likeness (QED) is 0.518.